The lowest BCUT2D eigenvalue weighted by molar-refractivity contribution is -0.0826. The number of ether oxygens (including phenoxy) is 2. The number of nitrogens with one attached hydrogen (secondary N) is 1. The van der Waals surface area contributed by atoms with E-state index in [1.807, 2.05) is 26.0 Å². The van der Waals surface area contributed by atoms with Crippen LogP contribution in [0.3, 0.4) is 0 Å². The molecule has 1 aromatic rings. The van der Waals surface area contributed by atoms with Crippen LogP contribution >= 0.6 is 11.8 Å². The molecule has 1 aromatic heterocycles. The van der Waals surface area contributed by atoms with Gasteiger partial charge in [-0.3, -0.25) is 4.99 Å². The van der Waals surface area contributed by atoms with Crippen molar-refractivity contribution in [2.24, 2.45) is 4.99 Å². The molecule has 2 rings (SSSR count). The minimum Gasteiger partial charge on any atom is -0.338 e. The molecule has 2 heterocycles. The molecule has 0 aromatic carbocycles. The number of nitrogens with zero attached hydrogens (tertiary/aromatic N) is 2. The second-order valence-corrected chi connectivity index (χ2v) is 5.25. The standard InChI is InChI=1S/C12H17N3O2S/c1-8(2)14-11-12(16-3,17-4)18-10-9(15-11)6-5-7-13-10/h5-8H,1-4H3,(H,14,15). The molecule has 0 radical (unpaired) electrons. The molecule has 6 heteroatoms. The number of anilines is 1. The van der Waals surface area contributed by atoms with E-state index in [1.54, 1.807) is 20.4 Å². The SMILES string of the molecule is COC1(OC)Sc2ncccc2NC1=NC(C)C. The van der Waals surface area contributed by atoms with Crippen LogP contribution in [0.15, 0.2) is 28.3 Å². The average molecular weight is 267 g/mol. The fourth-order valence-electron chi connectivity index (χ4n) is 1.68. The first-order valence-electron chi connectivity index (χ1n) is 5.71. The summed E-state index contributed by atoms with van der Waals surface area (Å²) < 4.78 is 11.0. The Kier molecular flexibility index (Phi) is 3.89. The van der Waals surface area contributed by atoms with Crippen molar-refractivity contribution < 1.29 is 9.47 Å². The van der Waals surface area contributed by atoms with Crippen LogP contribution in [0, 0.1) is 0 Å². The highest BCUT2D eigenvalue weighted by Gasteiger charge is 2.43. The van der Waals surface area contributed by atoms with Gasteiger partial charge in [-0.1, -0.05) is 0 Å². The van der Waals surface area contributed by atoms with E-state index in [1.165, 1.54) is 11.8 Å². The number of methoxy groups -OCH3 is 2. The topological polar surface area (TPSA) is 55.7 Å². The van der Waals surface area contributed by atoms with Gasteiger partial charge in [0.05, 0.1) is 5.69 Å². The van der Waals surface area contributed by atoms with Crippen LogP contribution in [0.25, 0.3) is 0 Å². The Bertz CT molecular complexity index is 458. The van der Waals surface area contributed by atoms with Crippen LogP contribution in [0.1, 0.15) is 13.8 Å². The molecule has 1 aliphatic heterocycles. The van der Waals surface area contributed by atoms with Crippen molar-refractivity contribution in [3.63, 3.8) is 0 Å². The summed E-state index contributed by atoms with van der Waals surface area (Å²) in [4.78, 5) is 8.85. The molecule has 0 saturated heterocycles. The third-order valence-corrected chi connectivity index (χ3v) is 3.78. The van der Waals surface area contributed by atoms with E-state index >= 15 is 0 Å². The van der Waals surface area contributed by atoms with Crippen LogP contribution in [-0.2, 0) is 9.47 Å². The van der Waals surface area contributed by atoms with Gasteiger partial charge in [-0.25, -0.2) is 4.98 Å². The molecule has 1 N–H and O–H groups in total. The first kappa shape index (κ1) is 13.3. The van der Waals surface area contributed by atoms with Crippen molar-refractivity contribution in [2.75, 3.05) is 19.5 Å². The van der Waals surface area contributed by atoms with Gasteiger partial charge in [0.1, 0.15) is 5.03 Å². The van der Waals surface area contributed by atoms with Gasteiger partial charge in [0.25, 0.3) is 5.12 Å². The number of rotatable bonds is 3. The van der Waals surface area contributed by atoms with Crippen LogP contribution in [-0.4, -0.2) is 36.2 Å². The van der Waals surface area contributed by atoms with Crippen molar-refractivity contribution in [2.45, 2.75) is 30.0 Å². The van der Waals surface area contributed by atoms with E-state index in [0.717, 1.165) is 10.7 Å². The molecule has 0 aliphatic carbocycles. The van der Waals surface area contributed by atoms with Crippen molar-refractivity contribution in [3.8, 4) is 0 Å². The Morgan fingerprint density at radius 1 is 1.39 bits per heavy atom. The maximum absolute atomic E-state index is 5.51. The number of thioether (sulfide) groups is 1. The number of hydrogen-bond acceptors (Lipinski definition) is 5. The van der Waals surface area contributed by atoms with Gasteiger partial charge < -0.3 is 14.8 Å². The molecule has 0 bridgehead atoms. The van der Waals surface area contributed by atoms with Gasteiger partial charge in [0, 0.05) is 26.5 Å². The second kappa shape index (κ2) is 5.26. The van der Waals surface area contributed by atoms with E-state index in [4.69, 9.17) is 9.47 Å². The van der Waals surface area contributed by atoms with E-state index in [9.17, 15) is 0 Å². The number of pyridine rings is 1. The summed E-state index contributed by atoms with van der Waals surface area (Å²) in [5, 5.41) is 3.12. The van der Waals surface area contributed by atoms with Crippen molar-refractivity contribution >= 4 is 23.3 Å². The normalized spacial score (nSPS) is 19.7. The molecule has 0 atom stereocenters. The van der Waals surface area contributed by atoms with Gasteiger partial charge in [-0.15, -0.1) is 0 Å². The Morgan fingerprint density at radius 2 is 2.11 bits per heavy atom. The fourth-order valence-corrected chi connectivity index (χ4v) is 2.64. The fraction of sp³-hybridized carbons (Fsp3) is 0.500. The highest BCUT2D eigenvalue weighted by Crippen LogP contribution is 2.42. The molecule has 0 saturated carbocycles. The summed E-state index contributed by atoms with van der Waals surface area (Å²) in [6.07, 6.45) is 1.74. The highest BCUT2D eigenvalue weighted by atomic mass is 32.2. The quantitative estimate of drug-likeness (QED) is 0.852. The number of aromatic nitrogens is 1. The Morgan fingerprint density at radius 3 is 2.72 bits per heavy atom. The van der Waals surface area contributed by atoms with Crippen molar-refractivity contribution in [1.29, 1.82) is 0 Å². The van der Waals surface area contributed by atoms with Crippen LogP contribution in [0.4, 0.5) is 5.69 Å². The summed E-state index contributed by atoms with van der Waals surface area (Å²) in [6.45, 7) is 4.02. The van der Waals surface area contributed by atoms with Gasteiger partial charge in [-0.2, -0.15) is 0 Å². The van der Waals surface area contributed by atoms with Gasteiger partial charge >= 0.3 is 0 Å². The van der Waals surface area contributed by atoms with Crippen LogP contribution in [0.5, 0.6) is 0 Å². The number of hydrogen-bond donors (Lipinski definition) is 1. The molecular weight excluding hydrogens is 250 g/mol. The van der Waals surface area contributed by atoms with Gasteiger partial charge in [0.2, 0.25) is 0 Å². The summed E-state index contributed by atoms with van der Waals surface area (Å²) in [7, 11) is 3.20. The molecule has 0 amide bonds. The maximum Gasteiger partial charge on any atom is 0.284 e. The van der Waals surface area contributed by atoms with Crippen molar-refractivity contribution in [1.82, 2.24) is 4.98 Å². The number of fused-ring (bicyclic) bond motifs is 1. The van der Waals surface area contributed by atoms with Crippen molar-refractivity contribution in [3.05, 3.63) is 18.3 Å². The summed E-state index contributed by atoms with van der Waals surface area (Å²) in [6, 6.07) is 3.99. The first-order chi connectivity index (χ1) is 8.61. The molecule has 0 fully saturated rings. The molecular formula is C12H17N3O2S. The third-order valence-electron chi connectivity index (χ3n) is 2.47. The van der Waals surface area contributed by atoms with Gasteiger partial charge in [0.15, 0.2) is 5.84 Å². The zero-order valence-corrected chi connectivity index (χ0v) is 11.7. The maximum atomic E-state index is 5.51. The Balaban J connectivity index is 2.46. The first-order valence-corrected chi connectivity index (χ1v) is 6.52. The zero-order chi connectivity index (χ0) is 13.2. The zero-order valence-electron chi connectivity index (χ0n) is 10.9. The molecule has 0 unspecified atom stereocenters. The molecule has 0 spiro atoms. The highest BCUT2D eigenvalue weighted by molar-refractivity contribution is 8.01. The number of aliphatic imine (C=N–C) groups is 1. The molecule has 1 aliphatic rings. The van der Waals surface area contributed by atoms with E-state index in [0.29, 0.717) is 5.84 Å². The molecule has 98 valence electrons. The van der Waals surface area contributed by atoms with Crippen LogP contribution in [0.2, 0.25) is 0 Å². The average Bonchev–Trinajstić information content (AvgIpc) is 2.37. The Hall–Kier alpha value is -1.11. The predicted molar refractivity (Wildman–Crippen MR) is 73.0 cm³/mol. The summed E-state index contributed by atoms with van der Waals surface area (Å²) in [5.74, 6) is 0.660. The monoisotopic (exact) mass is 267 g/mol. The smallest absolute Gasteiger partial charge is 0.284 e. The van der Waals surface area contributed by atoms with E-state index < -0.39 is 5.12 Å². The van der Waals surface area contributed by atoms with Gasteiger partial charge in [-0.05, 0) is 37.7 Å². The second-order valence-electron chi connectivity index (χ2n) is 4.12. The lowest BCUT2D eigenvalue weighted by Crippen LogP contribution is -2.46. The van der Waals surface area contributed by atoms with E-state index in [2.05, 4.69) is 15.3 Å². The van der Waals surface area contributed by atoms with Crippen LogP contribution < -0.4 is 5.32 Å². The largest absolute Gasteiger partial charge is 0.338 e. The molecule has 18 heavy (non-hydrogen) atoms. The Labute approximate surface area is 111 Å². The lowest BCUT2D eigenvalue weighted by Gasteiger charge is -2.35. The number of amidine groups is 1. The minimum atomic E-state index is -0.953. The minimum absolute atomic E-state index is 0.149. The molecule has 5 nitrogen and oxygen atoms in total. The third kappa shape index (κ3) is 2.36. The summed E-state index contributed by atoms with van der Waals surface area (Å²) in [5.41, 5.74) is 0.923. The van der Waals surface area contributed by atoms with E-state index in [-0.39, 0.29) is 6.04 Å². The lowest BCUT2D eigenvalue weighted by atomic mass is 10.3. The summed E-state index contributed by atoms with van der Waals surface area (Å²) >= 11 is 1.41. The predicted octanol–water partition coefficient (Wildman–Crippen LogP) is 2.35.